The predicted octanol–water partition coefficient (Wildman–Crippen LogP) is 5.47. The van der Waals surface area contributed by atoms with Crippen LogP contribution in [0.3, 0.4) is 0 Å². The highest BCUT2D eigenvalue weighted by molar-refractivity contribution is 6.01. The topological polar surface area (TPSA) is 54.7 Å². The van der Waals surface area contributed by atoms with Crippen molar-refractivity contribution in [1.29, 1.82) is 0 Å². The number of nitrogens with zero attached hydrogens (tertiary/aromatic N) is 4. The van der Waals surface area contributed by atoms with Crippen molar-refractivity contribution in [2.75, 3.05) is 36.5 Å². The van der Waals surface area contributed by atoms with Crippen LogP contribution in [-0.4, -0.2) is 40.9 Å². The molecule has 2 aliphatic rings. The lowest BCUT2D eigenvalue weighted by Crippen LogP contribution is -2.22. The van der Waals surface area contributed by atoms with Crippen molar-refractivity contribution in [2.45, 2.75) is 26.1 Å². The number of hydrogen-bond donors (Lipinski definition) is 1. The van der Waals surface area contributed by atoms with Gasteiger partial charge in [-0.3, -0.25) is 0 Å². The molecule has 2 aromatic carbocycles. The van der Waals surface area contributed by atoms with Crippen LogP contribution in [0.5, 0.6) is 0 Å². The van der Waals surface area contributed by atoms with E-state index in [2.05, 4.69) is 33.4 Å². The number of halogens is 3. The second kappa shape index (κ2) is 8.12. The maximum atomic E-state index is 13.5. The lowest BCUT2D eigenvalue weighted by molar-refractivity contribution is -0.138. The molecule has 1 N–H and O–H groups in total. The molecule has 9 heteroatoms. The number of nitrogens with one attached hydrogen (secondary N) is 1. The Kier molecular flexibility index (Phi) is 5.14. The molecule has 2 aromatic heterocycles. The largest absolute Gasteiger partial charge is 0.416 e. The van der Waals surface area contributed by atoms with E-state index in [1.165, 1.54) is 13.0 Å². The van der Waals surface area contributed by atoms with E-state index in [0.717, 1.165) is 54.5 Å². The highest BCUT2D eigenvalue weighted by Crippen LogP contribution is 2.38. The maximum absolute atomic E-state index is 13.5. The second-order valence-electron chi connectivity index (χ2n) is 9.62. The van der Waals surface area contributed by atoms with Crippen molar-refractivity contribution in [1.82, 2.24) is 14.6 Å². The first-order valence-electron chi connectivity index (χ1n) is 11.8. The Morgan fingerprint density at radius 3 is 2.60 bits per heavy atom. The summed E-state index contributed by atoms with van der Waals surface area (Å²) in [6, 6.07) is 10.2. The minimum absolute atomic E-state index is 0.222. The summed E-state index contributed by atoms with van der Waals surface area (Å²) < 4.78 is 47.8. The summed E-state index contributed by atoms with van der Waals surface area (Å²) in [6.45, 7) is 6.92. The van der Waals surface area contributed by atoms with Crippen molar-refractivity contribution in [3.63, 3.8) is 0 Å². The maximum Gasteiger partial charge on any atom is 0.416 e. The van der Waals surface area contributed by atoms with Gasteiger partial charge < -0.3 is 15.0 Å². The molecule has 4 aromatic rings. The molecule has 0 aliphatic carbocycles. The lowest BCUT2D eigenvalue weighted by Gasteiger charge is -2.23. The minimum atomic E-state index is -4.39. The molecule has 3 unspecified atom stereocenters. The SMILES string of the molecule is Cc1c(C(C)Nc2nn3ccnc3c3ccc(N4CC5COCC5C4)cc23)cccc1C(F)(F)F. The summed E-state index contributed by atoms with van der Waals surface area (Å²) in [5, 5.41) is 9.96. The fourth-order valence-corrected chi connectivity index (χ4v) is 5.57. The quantitative estimate of drug-likeness (QED) is 0.419. The van der Waals surface area contributed by atoms with E-state index in [1.54, 1.807) is 23.0 Å². The Hall–Kier alpha value is -3.33. The van der Waals surface area contributed by atoms with E-state index in [9.17, 15) is 13.2 Å². The monoisotopic (exact) mass is 481 g/mol. The molecule has 0 amide bonds. The summed E-state index contributed by atoms with van der Waals surface area (Å²) in [4.78, 5) is 6.86. The van der Waals surface area contributed by atoms with Gasteiger partial charge in [0.1, 0.15) is 0 Å². The molecule has 2 aliphatic heterocycles. The molecule has 2 fully saturated rings. The molecule has 2 saturated heterocycles. The smallest absolute Gasteiger partial charge is 0.381 e. The minimum Gasteiger partial charge on any atom is -0.381 e. The molecule has 6 nitrogen and oxygen atoms in total. The van der Waals surface area contributed by atoms with Crippen molar-refractivity contribution in [3.05, 3.63) is 65.5 Å². The molecule has 35 heavy (non-hydrogen) atoms. The Bertz CT molecular complexity index is 1400. The van der Waals surface area contributed by atoms with E-state index in [4.69, 9.17) is 9.84 Å². The summed E-state index contributed by atoms with van der Waals surface area (Å²) in [6.07, 6.45) is -0.925. The zero-order chi connectivity index (χ0) is 24.3. The summed E-state index contributed by atoms with van der Waals surface area (Å²) in [5.41, 5.74) is 2.04. The third-order valence-electron chi connectivity index (χ3n) is 7.43. The van der Waals surface area contributed by atoms with Gasteiger partial charge in [0.05, 0.1) is 24.8 Å². The zero-order valence-electron chi connectivity index (χ0n) is 19.5. The van der Waals surface area contributed by atoms with Gasteiger partial charge in [0.2, 0.25) is 0 Å². The Morgan fingerprint density at radius 1 is 1.09 bits per heavy atom. The molecular weight excluding hydrogens is 455 g/mol. The van der Waals surface area contributed by atoms with E-state index >= 15 is 0 Å². The number of anilines is 2. The van der Waals surface area contributed by atoms with Crippen LogP contribution >= 0.6 is 0 Å². The van der Waals surface area contributed by atoms with Gasteiger partial charge in [0.15, 0.2) is 11.5 Å². The molecule has 6 rings (SSSR count). The first-order valence-corrected chi connectivity index (χ1v) is 11.8. The number of benzene rings is 2. The molecule has 0 spiro atoms. The molecular formula is C26H26F3N5O. The number of aromatic nitrogens is 3. The van der Waals surface area contributed by atoms with Crippen LogP contribution in [0, 0.1) is 18.8 Å². The van der Waals surface area contributed by atoms with Crippen LogP contribution in [0.4, 0.5) is 24.7 Å². The first-order chi connectivity index (χ1) is 16.8. The molecule has 3 atom stereocenters. The van der Waals surface area contributed by atoms with E-state index in [0.29, 0.717) is 23.2 Å². The zero-order valence-corrected chi connectivity index (χ0v) is 19.5. The van der Waals surface area contributed by atoms with Crippen molar-refractivity contribution >= 4 is 27.9 Å². The van der Waals surface area contributed by atoms with Gasteiger partial charge >= 0.3 is 6.18 Å². The van der Waals surface area contributed by atoms with Gasteiger partial charge in [-0.05, 0) is 49.2 Å². The van der Waals surface area contributed by atoms with E-state index in [1.807, 2.05) is 6.92 Å². The van der Waals surface area contributed by atoms with Crippen LogP contribution in [0.15, 0.2) is 48.8 Å². The highest BCUT2D eigenvalue weighted by Gasteiger charge is 2.37. The first kappa shape index (κ1) is 22.2. The van der Waals surface area contributed by atoms with Crippen LogP contribution in [0.25, 0.3) is 16.4 Å². The van der Waals surface area contributed by atoms with Crippen molar-refractivity contribution < 1.29 is 17.9 Å². The molecule has 0 saturated carbocycles. The number of fused-ring (bicyclic) bond motifs is 4. The van der Waals surface area contributed by atoms with Crippen molar-refractivity contribution in [2.24, 2.45) is 11.8 Å². The van der Waals surface area contributed by atoms with Gasteiger partial charge in [0.25, 0.3) is 0 Å². The average Bonchev–Trinajstić information content (AvgIpc) is 3.54. The third kappa shape index (κ3) is 3.78. The third-order valence-corrected chi connectivity index (χ3v) is 7.43. The van der Waals surface area contributed by atoms with Gasteiger partial charge in [-0.2, -0.15) is 13.2 Å². The van der Waals surface area contributed by atoms with E-state index in [-0.39, 0.29) is 11.6 Å². The lowest BCUT2D eigenvalue weighted by atomic mass is 9.97. The van der Waals surface area contributed by atoms with Crippen LogP contribution in [0.2, 0.25) is 0 Å². The summed E-state index contributed by atoms with van der Waals surface area (Å²) >= 11 is 0. The summed E-state index contributed by atoms with van der Waals surface area (Å²) in [7, 11) is 0. The van der Waals surface area contributed by atoms with Crippen LogP contribution in [0.1, 0.15) is 29.7 Å². The Balaban J connectivity index is 1.40. The number of hydrogen-bond acceptors (Lipinski definition) is 5. The number of imidazole rings is 1. The number of alkyl halides is 3. The fraction of sp³-hybridized carbons (Fsp3) is 0.385. The van der Waals surface area contributed by atoms with Gasteiger partial charge in [0, 0.05) is 53.8 Å². The van der Waals surface area contributed by atoms with Crippen molar-refractivity contribution in [3.8, 4) is 0 Å². The van der Waals surface area contributed by atoms with Crippen LogP contribution in [-0.2, 0) is 10.9 Å². The second-order valence-corrected chi connectivity index (χ2v) is 9.62. The average molecular weight is 482 g/mol. The highest BCUT2D eigenvalue weighted by atomic mass is 19.4. The molecule has 4 heterocycles. The number of rotatable bonds is 4. The van der Waals surface area contributed by atoms with Crippen LogP contribution < -0.4 is 10.2 Å². The molecule has 182 valence electrons. The summed E-state index contributed by atoms with van der Waals surface area (Å²) in [5.74, 6) is 1.72. The Labute approximate surface area is 200 Å². The normalized spacial score (nSPS) is 21.1. The van der Waals surface area contributed by atoms with Gasteiger partial charge in [-0.15, -0.1) is 5.10 Å². The van der Waals surface area contributed by atoms with E-state index < -0.39 is 11.7 Å². The standard InChI is InChI=1S/C26H26F3N5O/c1-15-20(4-3-5-23(15)26(27,28)29)16(2)31-24-22-10-19(33-11-17-13-35-14-18(17)12-33)6-7-21(22)25-30-8-9-34(25)32-24/h3-10,16-18H,11-14H2,1-2H3,(H,31,32). The predicted molar refractivity (Wildman–Crippen MR) is 129 cm³/mol. The fourth-order valence-electron chi connectivity index (χ4n) is 5.57. The molecule has 0 radical (unpaired) electrons. The molecule has 0 bridgehead atoms. The number of ether oxygens (including phenoxy) is 1. The Morgan fingerprint density at radius 2 is 1.86 bits per heavy atom. The van der Waals surface area contributed by atoms with Gasteiger partial charge in [-0.1, -0.05) is 12.1 Å². The van der Waals surface area contributed by atoms with Gasteiger partial charge in [-0.25, -0.2) is 9.50 Å².